The van der Waals surface area contributed by atoms with E-state index < -0.39 is 5.97 Å². The molecule has 1 N–H and O–H groups in total. The summed E-state index contributed by atoms with van der Waals surface area (Å²) in [5.74, 6) is -1.31. The number of rotatable bonds is 4. The van der Waals surface area contributed by atoms with Crippen molar-refractivity contribution in [3.8, 4) is 0 Å². The van der Waals surface area contributed by atoms with Crippen molar-refractivity contribution >= 4 is 40.8 Å². The van der Waals surface area contributed by atoms with Crippen molar-refractivity contribution in [2.45, 2.75) is 0 Å². The van der Waals surface area contributed by atoms with Gasteiger partial charge >= 0.3 is 0 Å². The molecule has 2 rings (SSSR count). The van der Waals surface area contributed by atoms with Gasteiger partial charge in [-0.1, -0.05) is 17.7 Å². The van der Waals surface area contributed by atoms with Crippen molar-refractivity contribution in [3.63, 3.8) is 0 Å². The Labute approximate surface area is 113 Å². The maximum atomic E-state index is 10.8. The summed E-state index contributed by atoms with van der Waals surface area (Å²) in [5.41, 5.74) is 3.20. The van der Waals surface area contributed by atoms with Crippen LogP contribution in [-0.4, -0.2) is 12.2 Å². The molecule has 18 heavy (non-hydrogen) atoms. The number of carboxylic acid groups (broad SMARTS) is 1. The van der Waals surface area contributed by atoms with E-state index in [-0.39, 0.29) is 10.6 Å². The molecule has 0 atom stereocenters. The van der Waals surface area contributed by atoms with Crippen molar-refractivity contribution < 1.29 is 9.90 Å². The van der Waals surface area contributed by atoms with E-state index in [1.807, 2.05) is 17.5 Å². The smallest absolute Gasteiger partial charge is 0.0731 e. The number of hydrogen-bond acceptors (Lipinski definition) is 5. The van der Waals surface area contributed by atoms with Crippen molar-refractivity contribution in [1.82, 2.24) is 0 Å². The van der Waals surface area contributed by atoms with Gasteiger partial charge in [0.1, 0.15) is 0 Å². The highest BCUT2D eigenvalue weighted by molar-refractivity contribution is 7.11. The van der Waals surface area contributed by atoms with Crippen LogP contribution in [0.15, 0.2) is 40.8 Å². The Balaban J connectivity index is 2.10. The predicted octanol–water partition coefficient (Wildman–Crippen LogP) is 2.21. The highest BCUT2D eigenvalue weighted by atomic mass is 35.5. The van der Waals surface area contributed by atoms with E-state index in [0.29, 0.717) is 5.69 Å². The molecule has 0 fully saturated rings. The zero-order valence-electron chi connectivity index (χ0n) is 9.09. The molecule has 0 aliphatic carbocycles. The summed E-state index contributed by atoms with van der Waals surface area (Å²) in [6, 6.07) is 8.34. The quantitative estimate of drug-likeness (QED) is 0.689. The third-order valence-corrected chi connectivity index (χ3v) is 3.25. The fourth-order valence-corrected chi connectivity index (χ4v) is 2.07. The van der Waals surface area contributed by atoms with Gasteiger partial charge in [0, 0.05) is 15.5 Å². The number of nitrogens with one attached hydrogen (secondary N) is 1. The molecule has 4 nitrogen and oxygen atoms in total. The fourth-order valence-electron chi connectivity index (χ4n) is 1.29. The first-order chi connectivity index (χ1) is 8.66. The second-order valence-corrected chi connectivity index (χ2v) is 4.75. The maximum Gasteiger partial charge on any atom is 0.0731 e. The lowest BCUT2D eigenvalue weighted by molar-refractivity contribution is -0.255. The first-order valence-corrected chi connectivity index (χ1v) is 6.26. The summed E-state index contributed by atoms with van der Waals surface area (Å²) < 4.78 is 0. The molecule has 6 heteroatoms. The number of halogens is 1. The number of anilines is 1. The average molecular weight is 280 g/mol. The van der Waals surface area contributed by atoms with Gasteiger partial charge in [0.25, 0.3) is 0 Å². The molecule has 0 unspecified atom stereocenters. The van der Waals surface area contributed by atoms with Gasteiger partial charge in [-0.25, -0.2) is 0 Å². The van der Waals surface area contributed by atoms with Crippen molar-refractivity contribution in [2.75, 3.05) is 5.43 Å². The molecule has 0 saturated carbocycles. The first-order valence-electron chi connectivity index (χ1n) is 5.00. The molecular weight excluding hydrogens is 272 g/mol. The zero-order chi connectivity index (χ0) is 13.0. The fraction of sp³-hybridized carbons (Fsp3) is 0. The Morgan fingerprint density at radius 1 is 1.44 bits per heavy atom. The van der Waals surface area contributed by atoms with Crippen LogP contribution in [0.5, 0.6) is 0 Å². The molecule has 0 bridgehead atoms. The number of thiophene rings is 1. The Bertz CT molecular complexity index is 582. The van der Waals surface area contributed by atoms with E-state index in [0.717, 1.165) is 4.88 Å². The molecule has 1 aromatic heterocycles. The number of aromatic carboxylic acids is 1. The van der Waals surface area contributed by atoms with Crippen molar-refractivity contribution in [1.29, 1.82) is 0 Å². The van der Waals surface area contributed by atoms with Crippen LogP contribution in [0.3, 0.4) is 0 Å². The summed E-state index contributed by atoms with van der Waals surface area (Å²) in [7, 11) is 0. The van der Waals surface area contributed by atoms with E-state index >= 15 is 0 Å². The molecule has 92 valence electrons. The van der Waals surface area contributed by atoms with E-state index in [1.54, 1.807) is 23.6 Å². The van der Waals surface area contributed by atoms with Crippen molar-refractivity contribution in [3.05, 3.63) is 51.2 Å². The predicted molar refractivity (Wildman–Crippen MR) is 71.3 cm³/mol. The number of benzene rings is 1. The van der Waals surface area contributed by atoms with E-state index in [9.17, 15) is 9.90 Å². The van der Waals surface area contributed by atoms with E-state index in [1.165, 1.54) is 12.1 Å². The van der Waals surface area contributed by atoms with Gasteiger partial charge in [0.15, 0.2) is 0 Å². The van der Waals surface area contributed by atoms with Crippen LogP contribution in [0.4, 0.5) is 5.69 Å². The summed E-state index contributed by atoms with van der Waals surface area (Å²) in [6.07, 6.45) is 1.65. The minimum Gasteiger partial charge on any atom is -0.545 e. The van der Waals surface area contributed by atoms with Crippen molar-refractivity contribution in [2.24, 2.45) is 5.10 Å². The van der Waals surface area contributed by atoms with Crippen LogP contribution in [-0.2, 0) is 0 Å². The van der Waals surface area contributed by atoms with Gasteiger partial charge < -0.3 is 9.90 Å². The Kier molecular flexibility index (Phi) is 3.96. The molecule has 1 heterocycles. The van der Waals surface area contributed by atoms with Gasteiger partial charge in [-0.05, 0) is 29.6 Å². The lowest BCUT2D eigenvalue weighted by Gasteiger charge is -2.07. The number of hydrogen-bond donors (Lipinski definition) is 1. The zero-order valence-corrected chi connectivity index (χ0v) is 10.7. The van der Waals surface area contributed by atoms with Crippen LogP contribution in [0.2, 0.25) is 5.02 Å². The van der Waals surface area contributed by atoms with Gasteiger partial charge in [-0.3, -0.25) is 5.43 Å². The summed E-state index contributed by atoms with van der Waals surface area (Å²) in [5, 5.41) is 16.9. The molecule has 0 saturated heterocycles. The summed E-state index contributed by atoms with van der Waals surface area (Å²) >= 11 is 7.28. The molecule has 2 aromatic rings. The average Bonchev–Trinajstić information content (AvgIpc) is 2.84. The molecular formula is C12H8ClN2O2S-. The molecule has 0 radical (unpaired) electrons. The van der Waals surface area contributed by atoms with Gasteiger partial charge in [0.05, 0.1) is 17.9 Å². The summed E-state index contributed by atoms with van der Waals surface area (Å²) in [6.45, 7) is 0. The largest absolute Gasteiger partial charge is 0.545 e. The molecule has 1 aromatic carbocycles. The van der Waals surface area contributed by atoms with E-state index in [2.05, 4.69) is 10.5 Å². The Morgan fingerprint density at radius 3 is 2.94 bits per heavy atom. The van der Waals surface area contributed by atoms with Crippen LogP contribution >= 0.6 is 22.9 Å². The van der Waals surface area contributed by atoms with Crippen LogP contribution < -0.4 is 10.5 Å². The number of carbonyl (C=O) groups excluding carboxylic acids is 1. The third-order valence-electron chi connectivity index (χ3n) is 2.11. The molecule has 0 aliphatic heterocycles. The lowest BCUT2D eigenvalue weighted by atomic mass is 10.2. The van der Waals surface area contributed by atoms with Crippen LogP contribution in [0, 0.1) is 0 Å². The van der Waals surface area contributed by atoms with Crippen LogP contribution in [0.25, 0.3) is 0 Å². The molecule has 0 spiro atoms. The number of carbonyl (C=O) groups is 1. The Morgan fingerprint density at radius 2 is 2.28 bits per heavy atom. The Hall–Kier alpha value is -1.85. The summed E-state index contributed by atoms with van der Waals surface area (Å²) in [4.78, 5) is 11.8. The van der Waals surface area contributed by atoms with Gasteiger partial charge in [-0.2, -0.15) is 5.10 Å². The van der Waals surface area contributed by atoms with Gasteiger partial charge in [-0.15, -0.1) is 11.3 Å². The normalized spacial score (nSPS) is 10.7. The van der Waals surface area contributed by atoms with E-state index in [4.69, 9.17) is 11.6 Å². The number of hydrazone groups is 1. The van der Waals surface area contributed by atoms with Crippen LogP contribution in [0.1, 0.15) is 15.2 Å². The second-order valence-electron chi connectivity index (χ2n) is 3.37. The molecule has 0 amide bonds. The topological polar surface area (TPSA) is 64.5 Å². The second kappa shape index (κ2) is 5.66. The SMILES string of the molecule is O=C([O-])c1cc(N/N=C\c2cccs2)ccc1Cl. The first kappa shape index (κ1) is 12.6. The monoisotopic (exact) mass is 279 g/mol. The van der Waals surface area contributed by atoms with Gasteiger partial charge in [0.2, 0.25) is 0 Å². The highest BCUT2D eigenvalue weighted by Crippen LogP contribution is 2.20. The minimum atomic E-state index is -1.31. The molecule has 0 aliphatic rings. The number of nitrogens with zero attached hydrogens (tertiary/aromatic N) is 1. The highest BCUT2D eigenvalue weighted by Gasteiger charge is 2.02. The standard InChI is InChI=1S/C12H9ClN2O2S/c13-11-4-3-8(6-10(11)12(16)17)15-14-7-9-2-1-5-18-9/h1-7,15H,(H,16,17)/p-1/b14-7-. The maximum absolute atomic E-state index is 10.8. The minimum absolute atomic E-state index is 0.0620. The lowest BCUT2D eigenvalue weighted by Crippen LogP contribution is -2.22. The number of carboxylic acids is 1. The third kappa shape index (κ3) is 3.09.